The quantitative estimate of drug-likeness (QED) is 0.575. The Labute approximate surface area is 216 Å². The molecule has 192 valence electrons. The summed E-state index contributed by atoms with van der Waals surface area (Å²) < 4.78 is 0. The van der Waals surface area contributed by atoms with Crippen molar-refractivity contribution in [3.8, 4) is 11.3 Å². The molecule has 1 saturated heterocycles. The highest BCUT2D eigenvalue weighted by Gasteiger charge is 2.33. The van der Waals surface area contributed by atoms with Gasteiger partial charge in [0.25, 0.3) is 0 Å². The van der Waals surface area contributed by atoms with E-state index in [-0.39, 0.29) is 18.0 Å². The van der Waals surface area contributed by atoms with Crippen LogP contribution in [0.2, 0.25) is 0 Å². The van der Waals surface area contributed by atoms with E-state index in [4.69, 9.17) is 0 Å². The average molecular weight is 500 g/mol. The number of hydrogen-bond acceptors (Lipinski definition) is 5. The van der Waals surface area contributed by atoms with E-state index in [1.54, 1.807) is 19.3 Å². The maximum atomic E-state index is 13.3. The molecule has 3 aliphatic rings. The van der Waals surface area contributed by atoms with Crippen molar-refractivity contribution < 1.29 is 9.59 Å². The fraction of sp³-hybridized carbons (Fsp3) is 0.429. The van der Waals surface area contributed by atoms with Crippen molar-refractivity contribution in [2.45, 2.75) is 44.7 Å². The molecule has 9 nitrogen and oxygen atoms in total. The number of aromatic amines is 1. The lowest BCUT2D eigenvalue weighted by atomic mass is 9.98. The number of amides is 3. The summed E-state index contributed by atoms with van der Waals surface area (Å²) in [5.41, 5.74) is 6.39. The number of anilines is 1. The van der Waals surface area contributed by atoms with Crippen molar-refractivity contribution in [1.82, 2.24) is 30.3 Å². The molecule has 0 spiro atoms. The van der Waals surface area contributed by atoms with E-state index in [0.29, 0.717) is 19.0 Å². The van der Waals surface area contributed by atoms with Crippen LogP contribution >= 0.6 is 0 Å². The third-order valence-electron chi connectivity index (χ3n) is 7.94. The molecule has 6 rings (SSSR count). The summed E-state index contributed by atoms with van der Waals surface area (Å²) in [5.74, 6) is 0.385. The Morgan fingerprint density at radius 2 is 1.95 bits per heavy atom. The molecule has 9 heteroatoms. The number of fused-ring (bicyclic) bond motifs is 2. The van der Waals surface area contributed by atoms with Crippen molar-refractivity contribution in [1.29, 1.82) is 0 Å². The number of hydrogen-bond donors (Lipinski definition) is 2. The zero-order valence-corrected chi connectivity index (χ0v) is 21.2. The van der Waals surface area contributed by atoms with Crippen molar-refractivity contribution in [3.05, 3.63) is 65.6 Å². The molecule has 3 aromatic rings. The van der Waals surface area contributed by atoms with Crippen molar-refractivity contribution >= 4 is 17.6 Å². The lowest BCUT2D eigenvalue weighted by Crippen LogP contribution is -2.52. The van der Waals surface area contributed by atoms with Crippen LogP contribution in [0, 0.1) is 0 Å². The molecule has 2 aromatic heterocycles. The number of piperidine rings is 1. The van der Waals surface area contributed by atoms with Gasteiger partial charge in [-0.15, -0.1) is 0 Å². The van der Waals surface area contributed by atoms with Crippen LogP contribution in [0.3, 0.4) is 0 Å². The first-order chi connectivity index (χ1) is 18.1. The van der Waals surface area contributed by atoms with Crippen LogP contribution in [0.15, 0.2) is 48.8 Å². The highest BCUT2D eigenvalue weighted by Crippen LogP contribution is 2.37. The number of benzene rings is 1. The van der Waals surface area contributed by atoms with Crippen molar-refractivity contribution in [3.63, 3.8) is 0 Å². The minimum atomic E-state index is -0.00616. The molecular formula is C28H33N7O2. The number of aromatic nitrogens is 3. The summed E-state index contributed by atoms with van der Waals surface area (Å²) in [6.07, 6.45) is 6.33. The SMILES string of the molecule is CC(=O)N1CC(CN2CCC[C@@H](NC(=O)N3CCc4[nH]nc(-c5ccncc5)c4C3)C2)c2ccccc21. The van der Waals surface area contributed by atoms with Gasteiger partial charge in [0.2, 0.25) is 5.91 Å². The molecule has 0 saturated carbocycles. The number of nitrogens with zero attached hydrogens (tertiary/aromatic N) is 5. The predicted molar refractivity (Wildman–Crippen MR) is 141 cm³/mol. The van der Waals surface area contributed by atoms with E-state index in [9.17, 15) is 9.59 Å². The minimum Gasteiger partial charge on any atom is -0.334 e. The monoisotopic (exact) mass is 499 g/mol. The van der Waals surface area contributed by atoms with Gasteiger partial charge < -0.3 is 20.0 Å². The summed E-state index contributed by atoms with van der Waals surface area (Å²) >= 11 is 0. The van der Waals surface area contributed by atoms with E-state index in [1.165, 1.54) is 5.56 Å². The van der Waals surface area contributed by atoms with Gasteiger partial charge >= 0.3 is 6.03 Å². The Balaban J connectivity index is 1.08. The Morgan fingerprint density at radius 1 is 1.11 bits per heavy atom. The van der Waals surface area contributed by atoms with E-state index in [1.807, 2.05) is 34.1 Å². The maximum absolute atomic E-state index is 13.3. The number of nitrogens with one attached hydrogen (secondary N) is 2. The summed E-state index contributed by atoms with van der Waals surface area (Å²) in [6, 6.07) is 12.2. The predicted octanol–water partition coefficient (Wildman–Crippen LogP) is 3.15. The van der Waals surface area contributed by atoms with Crippen LogP contribution in [0.25, 0.3) is 11.3 Å². The van der Waals surface area contributed by atoms with Gasteiger partial charge in [-0.25, -0.2) is 4.79 Å². The number of urea groups is 1. The number of likely N-dealkylation sites (tertiary alicyclic amines) is 1. The molecule has 0 radical (unpaired) electrons. The summed E-state index contributed by atoms with van der Waals surface area (Å²) in [5, 5.41) is 11.0. The Morgan fingerprint density at radius 3 is 2.78 bits per heavy atom. The molecule has 3 amide bonds. The number of carbonyl (C=O) groups excluding carboxylic acids is 2. The number of para-hydroxylation sites is 1. The summed E-state index contributed by atoms with van der Waals surface area (Å²) in [6.45, 7) is 6.32. The van der Waals surface area contributed by atoms with E-state index < -0.39 is 0 Å². The normalized spacial score (nSPS) is 21.4. The first kappa shape index (κ1) is 23.7. The van der Waals surface area contributed by atoms with Crippen LogP contribution in [-0.4, -0.2) is 75.7 Å². The molecule has 3 aliphatic heterocycles. The lowest BCUT2D eigenvalue weighted by Gasteiger charge is -2.36. The van der Waals surface area contributed by atoms with Crippen LogP contribution in [0.5, 0.6) is 0 Å². The third-order valence-corrected chi connectivity index (χ3v) is 7.94. The fourth-order valence-corrected chi connectivity index (χ4v) is 6.08. The van der Waals surface area contributed by atoms with Gasteiger partial charge in [0, 0.05) is 86.4 Å². The smallest absolute Gasteiger partial charge is 0.317 e. The van der Waals surface area contributed by atoms with E-state index in [2.05, 4.69) is 37.5 Å². The second kappa shape index (κ2) is 9.97. The number of carbonyl (C=O) groups is 2. The molecule has 1 fully saturated rings. The summed E-state index contributed by atoms with van der Waals surface area (Å²) in [7, 11) is 0. The molecule has 5 heterocycles. The van der Waals surface area contributed by atoms with Gasteiger partial charge in [-0.05, 0) is 43.1 Å². The van der Waals surface area contributed by atoms with Gasteiger partial charge in [0.1, 0.15) is 0 Å². The molecule has 0 bridgehead atoms. The standard InChI is InChI=1S/C28H33N7O2/c1-19(36)35-16-21(23-6-2-3-7-26(23)35)15-33-13-4-5-22(17-33)30-28(37)34-14-10-25-24(18-34)27(32-31-25)20-8-11-29-12-9-20/h2-3,6-9,11-12,21-22H,4-5,10,13-18H2,1H3,(H,30,37)(H,31,32)/t21?,22-/m1/s1. The average Bonchev–Trinajstić information content (AvgIpc) is 3.51. The van der Waals surface area contributed by atoms with Gasteiger partial charge in [0.05, 0.1) is 12.2 Å². The first-order valence-electron chi connectivity index (χ1n) is 13.2. The first-order valence-corrected chi connectivity index (χ1v) is 13.2. The third kappa shape index (κ3) is 4.71. The molecule has 2 N–H and O–H groups in total. The molecule has 2 atom stereocenters. The Hall–Kier alpha value is -3.72. The highest BCUT2D eigenvalue weighted by atomic mass is 16.2. The van der Waals surface area contributed by atoms with Crippen LogP contribution < -0.4 is 10.2 Å². The van der Waals surface area contributed by atoms with Crippen molar-refractivity contribution in [2.24, 2.45) is 0 Å². The largest absolute Gasteiger partial charge is 0.334 e. The Bertz CT molecular complexity index is 1290. The zero-order chi connectivity index (χ0) is 25.4. The molecule has 0 aliphatic carbocycles. The van der Waals surface area contributed by atoms with Gasteiger partial charge in [-0.1, -0.05) is 18.2 Å². The molecular weight excluding hydrogens is 466 g/mol. The Kier molecular flexibility index (Phi) is 6.38. The number of H-pyrrole nitrogens is 1. The number of rotatable bonds is 4. The topological polar surface area (TPSA) is 97.5 Å². The van der Waals surface area contributed by atoms with Crippen LogP contribution in [-0.2, 0) is 17.8 Å². The van der Waals surface area contributed by atoms with E-state index in [0.717, 1.165) is 73.6 Å². The minimum absolute atomic E-state index is 0.00616. The maximum Gasteiger partial charge on any atom is 0.317 e. The van der Waals surface area contributed by atoms with E-state index >= 15 is 0 Å². The second-order valence-electron chi connectivity index (χ2n) is 10.4. The van der Waals surface area contributed by atoms with Crippen molar-refractivity contribution in [2.75, 3.05) is 37.6 Å². The second-order valence-corrected chi connectivity index (χ2v) is 10.4. The highest BCUT2D eigenvalue weighted by molar-refractivity contribution is 5.94. The van der Waals surface area contributed by atoms with Gasteiger partial charge in [-0.2, -0.15) is 5.10 Å². The zero-order valence-electron chi connectivity index (χ0n) is 21.2. The molecule has 1 unspecified atom stereocenters. The fourth-order valence-electron chi connectivity index (χ4n) is 6.08. The van der Waals surface area contributed by atoms with Gasteiger partial charge in [0.15, 0.2) is 0 Å². The van der Waals surface area contributed by atoms with Gasteiger partial charge in [-0.3, -0.25) is 14.9 Å². The lowest BCUT2D eigenvalue weighted by molar-refractivity contribution is -0.116. The number of pyridine rings is 1. The summed E-state index contributed by atoms with van der Waals surface area (Å²) in [4.78, 5) is 35.8. The molecule has 1 aromatic carbocycles. The van der Waals surface area contributed by atoms with Crippen LogP contribution in [0.4, 0.5) is 10.5 Å². The van der Waals surface area contributed by atoms with Crippen LogP contribution in [0.1, 0.15) is 42.5 Å². The molecule has 37 heavy (non-hydrogen) atoms.